The predicted octanol–water partition coefficient (Wildman–Crippen LogP) is 2.12. The molecule has 0 spiro atoms. The summed E-state index contributed by atoms with van der Waals surface area (Å²) in [5, 5.41) is -0.746. The molecule has 9 heteroatoms. The average molecular weight is 459 g/mol. The molecule has 0 aromatic heterocycles. The molecule has 1 aromatic carbocycles. The van der Waals surface area contributed by atoms with Crippen LogP contribution in [0.5, 0.6) is 0 Å². The molecular formula is C19H23BrO8. The van der Waals surface area contributed by atoms with Crippen LogP contribution in [-0.2, 0) is 44.7 Å². The zero-order valence-electron chi connectivity index (χ0n) is 15.8. The summed E-state index contributed by atoms with van der Waals surface area (Å²) < 4.78 is 27.5. The van der Waals surface area contributed by atoms with Gasteiger partial charge in [-0.15, -0.1) is 0 Å². The standard InChI is InChI=1S/C19H23BrO8/c1-11(21)24-10-15-16(26-12(2)22)17(18(19(20)28-15)27-13(3)23)25-9-14-7-5-4-6-8-14/h4-8,15-19H,9-10H2,1-3H3/t15-,16-,17+,18-,19-/m1/s1. The highest BCUT2D eigenvalue weighted by Gasteiger charge is 2.50. The zero-order valence-corrected chi connectivity index (χ0v) is 17.4. The second kappa shape index (κ2) is 10.5. The lowest BCUT2D eigenvalue weighted by Gasteiger charge is -2.43. The Morgan fingerprint density at radius 2 is 1.54 bits per heavy atom. The van der Waals surface area contributed by atoms with Gasteiger partial charge in [0, 0.05) is 20.8 Å². The van der Waals surface area contributed by atoms with Crippen molar-refractivity contribution in [2.75, 3.05) is 6.61 Å². The van der Waals surface area contributed by atoms with Crippen LogP contribution in [0.2, 0.25) is 0 Å². The van der Waals surface area contributed by atoms with Gasteiger partial charge in [-0.05, 0) is 5.56 Å². The molecule has 1 aromatic rings. The van der Waals surface area contributed by atoms with Crippen LogP contribution in [-0.4, -0.2) is 53.9 Å². The monoisotopic (exact) mass is 458 g/mol. The molecule has 28 heavy (non-hydrogen) atoms. The molecule has 0 amide bonds. The van der Waals surface area contributed by atoms with Gasteiger partial charge >= 0.3 is 17.9 Å². The summed E-state index contributed by atoms with van der Waals surface area (Å²) >= 11 is 3.33. The van der Waals surface area contributed by atoms with Crippen molar-refractivity contribution in [3.05, 3.63) is 35.9 Å². The molecule has 0 unspecified atom stereocenters. The van der Waals surface area contributed by atoms with Gasteiger partial charge in [0.2, 0.25) is 0 Å². The first kappa shape index (κ1) is 22.3. The lowest BCUT2D eigenvalue weighted by molar-refractivity contribution is -0.240. The number of ether oxygens (including phenoxy) is 5. The number of esters is 3. The van der Waals surface area contributed by atoms with Crippen molar-refractivity contribution < 1.29 is 38.1 Å². The Labute approximate surface area is 171 Å². The van der Waals surface area contributed by atoms with Gasteiger partial charge in [-0.1, -0.05) is 46.3 Å². The van der Waals surface area contributed by atoms with E-state index in [4.69, 9.17) is 23.7 Å². The summed E-state index contributed by atoms with van der Waals surface area (Å²) in [4.78, 5) is 34.4. The Morgan fingerprint density at radius 1 is 0.929 bits per heavy atom. The Bertz CT molecular complexity index is 680. The third-order valence-electron chi connectivity index (χ3n) is 3.92. The van der Waals surface area contributed by atoms with Crippen molar-refractivity contribution in [2.24, 2.45) is 0 Å². The minimum atomic E-state index is -0.946. The summed E-state index contributed by atoms with van der Waals surface area (Å²) in [6.45, 7) is 3.83. The number of benzene rings is 1. The Balaban J connectivity index is 2.26. The lowest BCUT2D eigenvalue weighted by Crippen LogP contribution is -2.60. The maximum atomic E-state index is 11.7. The summed E-state index contributed by atoms with van der Waals surface area (Å²) in [7, 11) is 0. The lowest BCUT2D eigenvalue weighted by atomic mass is 9.99. The predicted molar refractivity (Wildman–Crippen MR) is 100 cm³/mol. The first-order chi connectivity index (χ1) is 13.3. The molecule has 1 aliphatic heterocycles. The average Bonchev–Trinajstić information content (AvgIpc) is 2.62. The second-order valence-corrected chi connectivity index (χ2v) is 7.14. The molecular weight excluding hydrogens is 436 g/mol. The summed E-state index contributed by atoms with van der Waals surface area (Å²) in [6.07, 6.45) is -3.46. The fourth-order valence-corrected chi connectivity index (χ4v) is 3.49. The van der Waals surface area contributed by atoms with Crippen molar-refractivity contribution in [3.63, 3.8) is 0 Å². The van der Waals surface area contributed by atoms with Crippen LogP contribution in [0.15, 0.2) is 30.3 Å². The number of hydrogen-bond donors (Lipinski definition) is 0. The zero-order chi connectivity index (χ0) is 20.7. The van der Waals surface area contributed by atoms with Crippen LogP contribution in [0.1, 0.15) is 26.3 Å². The van der Waals surface area contributed by atoms with Crippen molar-refractivity contribution in [1.82, 2.24) is 0 Å². The third kappa shape index (κ3) is 6.57. The van der Waals surface area contributed by atoms with Gasteiger partial charge in [0.1, 0.15) is 18.8 Å². The smallest absolute Gasteiger partial charge is 0.303 e. The number of hydrogen-bond acceptors (Lipinski definition) is 8. The molecule has 154 valence electrons. The molecule has 0 saturated carbocycles. The number of halogens is 1. The summed E-state index contributed by atoms with van der Waals surface area (Å²) in [5.74, 6) is -1.60. The summed E-state index contributed by atoms with van der Waals surface area (Å²) in [6, 6.07) is 9.37. The first-order valence-electron chi connectivity index (χ1n) is 8.70. The van der Waals surface area contributed by atoms with Gasteiger partial charge in [-0.3, -0.25) is 14.4 Å². The van der Waals surface area contributed by atoms with Crippen LogP contribution in [0.25, 0.3) is 0 Å². The number of alkyl halides is 1. The number of carbonyl (C=O) groups excluding carboxylic acids is 3. The van der Waals surface area contributed by atoms with Gasteiger partial charge in [0.05, 0.1) is 6.61 Å². The van der Waals surface area contributed by atoms with Gasteiger partial charge in [-0.2, -0.15) is 0 Å². The van der Waals surface area contributed by atoms with Crippen molar-refractivity contribution in [2.45, 2.75) is 56.8 Å². The highest BCUT2D eigenvalue weighted by Crippen LogP contribution is 2.32. The SMILES string of the molecule is CC(=O)OC[C@H]1O[C@@H](Br)[C@H](OC(C)=O)[C@@H](OCc2ccccc2)[C@@H]1OC(C)=O. The van der Waals surface area contributed by atoms with E-state index in [2.05, 4.69) is 15.9 Å². The van der Waals surface area contributed by atoms with E-state index in [1.807, 2.05) is 30.3 Å². The second-order valence-electron chi connectivity index (χ2n) is 6.24. The van der Waals surface area contributed by atoms with Gasteiger partial charge < -0.3 is 23.7 Å². The van der Waals surface area contributed by atoms with E-state index in [1.165, 1.54) is 20.8 Å². The topological polar surface area (TPSA) is 97.4 Å². The molecule has 5 atom stereocenters. The molecule has 0 radical (unpaired) electrons. The van der Waals surface area contributed by atoms with Crippen LogP contribution in [0.3, 0.4) is 0 Å². The highest BCUT2D eigenvalue weighted by molar-refractivity contribution is 9.09. The van der Waals surface area contributed by atoms with Gasteiger partial charge in [0.15, 0.2) is 17.2 Å². The maximum absolute atomic E-state index is 11.7. The summed E-state index contributed by atoms with van der Waals surface area (Å²) in [5.41, 5.74) is 0.889. The van der Waals surface area contributed by atoms with E-state index < -0.39 is 47.3 Å². The largest absolute Gasteiger partial charge is 0.463 e. The van der Waals surface area contributed by atoms with E-state index >= 15 is 0 Å². The molecule has 1 heterocycles. The van der Waals surface area contributed by atoms with E-state index in [-0.39, 0.29) is 13.2 Å². The molecule has 0 N–H and O–H groups in total. The van der Waals surface area contributed by atoms with E-state index in [0.717, 1.165) is 5.56 Å². The van der Waals surface area contributed by atoms with E-state index in [0.29, 0.717) is 0 Å². The molecule has 2 rings (SSSR count). The molecule has 1 saturated heterocycles. The normalized spacial score (nSPS) is 26.9. The van der Waals surface area contributed by atoms with Gasteiger partial charge in [-0.25, -0.2) is 0 Å². The van der Waals surface area contributed by atoms with Crippen LogP contribution >= 0.6 is 15.9 Å². The highest BCUT2D eigenvalue weighted by atomic mass is 79.9. The maximum Gasteiger partial charge on any atom is 0.303 e. The van der Waals surface area contributed by atoms with E-state index in [9.17, 15) is 14.4 Å². The van der Waals surface area contributed by atoms with Crippen molar-refractivity contribution in [3.8, 4) is 0 Å². The minimum Gasteiger partial charge on any atom is -0.463 e. The van der Waals surface area contributed by atoms with Crippen molar-refractivity contribution >= 4 is 33.8 Å². The van der Waals surface area contributed by atoms with E-state index in [1.54, 1.807) is 0 Å². The Hall–Kier alpha value is -1.97. The Kier molecular flexibility index (Phi) is 8.40. The number of rotatable bonds is 7. The first-order valence-corrected chi connectivity index (χ1v) is 9.62. The molecule has 1 aliphatic rings. The quantitative estimate of drug-likeness (QED) is 0.348. The molecule has 0 aliphatic carbocycles. The van der Waals surface area contributed by atoms with Crippen LogP contribution < -0.4 is 0 Å². The molecule has 1 fully saturated rings. The number of carbonyl (C=O) groups is 3. The molecule has 8 nitrogen and oxygen atoms in total. The van der Waals surface area contributed by atoms with Crippen LogP contribution in [0.4, 0.5) is 0 Å². The van der Waals surface area contributed by atoms with Gasteiger partial charge in [0.25, 0.3) is 0 Å². The third-order valence-corrected chi connectivity index (χ3v) is 4.65. The fourth-order valence-electron chi connectivity index (χ4n) is 2.81. The van der Waals surface area contributed by atoms with Crippen LogP contribution in [0, 0.1) is 0 Å². The fraction of sp³-hybridized carbons (Fsp3) is 0.526. The minimum absolute atomic E-state index is 0.145. The molecule has 0 bridgehead atoms. The Morgan fingerprint density at radius 3 is 2.11 bits per heavy atom. The van der Waals surface area contributed by atoms with Crippen molar-refractivity contribution in [1.29, 1.82) is 0 Å².